The molecule has 4 aromatic rings. The molecule has 0 radical (unpaired) electrons. The topological polar surface area (TPSA) is 69.0 Å². The minimum absolute atomic E-state index is 0.184. The van der Waals surface area contributed by atoms with E-state index >= 15 is 0 Å². The molecule has 152 valence electrons. The van der Waals surface area contributed by atoms with Gasteiger partial charge in [-0.2, -0.15) is 0 Å². The quantitative estimate of drug-likeness (QED) is 0.436. The molecule has 0 saturated heterocycles. The number of carbonyl (C=O) groups is 1. The van der Waals surface area contributed by atoms with Crippen molar-refractivity contribution in [3.8, 4) is 5.75 Å². The van der Waals surface area contributed by atoms with Crippen molar-refractivity contribution < 1.29 is 13.9 Å². The normalized spacial score (nSPS) is 10.7. The first kappa shape index (κ1) is 20.1. The number of ether oxygens (including phenoxy) is 1. The number of nitrogens with one attached hydrogen (secondary N) is 1. The van der Waals surface area contributed by atoms with Crippen molar-refractivity contribution in [2.75, 3.05) is 5.32 Å². The maximum absolute atomic E-state index is 13.3. The lowest BCUT2D eigenvalue weighted by Crippen LogP contribution is -2.12. The number of aromatic nitrogens is 3. The third kappa shape index (κ3) is 5.22. The fourth-order valence-electron chi connectivity index (χ4n) is 2.68. The minimum Gasteiger partial charge on any atom is -0.489 e. The van der Waals surface area contributed by atoms with E-state index in [-0.39, 0.29) is 17.7 Å². The van der Waals surface area contributed by atoms with Crippen LogP contribution in [0.15, 0.2) is 66.3 Å². The van der Waals surface area contributed by atoms with Crippen LogP contribution < -0.4 is 10.1 Å². The number of hydrogen-bond donors (Lipinski definition) is 1. The van der Waals surface area contributed by atoms with E-state index in [0.717, 1.165) is 11.1 Å². The zero-order valence-corrected chi connectivity index (χ0v) is 17.2. The number of thiophene rings is 1. The molecule has 1 N–H and O–H groups in total. The van der Waals surface area contributed by atoms with Gasteiger partial charge in [-0.1, -0.05) is 23.7 Å². The van der Waals surface area contributed by atoms with E-state index in [4.69, 9.17) is 16.3 Å². The molecule has 30 heavy (non-hydrogen) atoms. The lowest BCUT2D eigenvalue weighted by atomic mass is 10.2. The molecule has 0 aliphatic carbocycles. The Morgan fingerprint density at radius 1 is 1.17 bits per heavy atom. The standard InChI is InChI=1S/C21H16ClFN4O2S/c22-16-4-6-18(7-5-16)29-11-15-9-19(30-12-15)20(28)25-21-24-13-27(26-21)10-14-2-1-3-17(23)8-14/h1-9,12-13H,10-11H2,(H,25,26,28). The summed E-state index contributed by atoms with van der Waals surface area (Å²) in [6, 6.07) is 15.1. The van der Waals surface area contributed by atoms with E-state index in [1.807, 2.05) is 5.38 Å². The van der Waals surface area contributed by atoms with E-state index in [9.17, 15) is 9.18 Å². The molecule has 2 aromatic heterocycles. The fourth-order valence-corrected chi connectivity index (χ4v) is 3.60. The predicted molar refractivity (Wildman–Crippen MR) is 114 cm³/mol. The maximum atomic E-state index is 13.3. The van der Waals surface area contributed by atoms with Crippen molar-refractivity contribution >= 4 is 34.8 Å². The molecule has 0 unspecified atom stereocenters. The van der Waals surface area contributed by atoms with Gasteiger partial charge in [-0.25, -0.2) is 14.1 Å². The van der Waals surface area contributed by atoms with Crippen molar-refractivity contribution in [1.29, 1.82) is 0 Å². The molecular weight excluding hydrogens is 427 g/mol. The Morgan fingerprint density at radius 3 is 2.80 bits per heavy atom. The van der Waals surface area contributed by atoms with Gasteiger partial charge in [-0.05, 0) is 53.4 Å². The number of rotatable bonds is 7. The molecule has 2 aromatic carbocycles. The highest BCUT2D eigenvalue weighted by atomic mass is 35.5. The average molecular weight is 443 g/mol. The van der Waals surface area contributed by atoms with Gasteiger partial charge in [0, 0.05) is 10.6 Å². The Balaban J connectivity index is 1.33. The van der Waals surface area contributed by atoms with Crippen LogP contribution in [-0.2, 0) is 13.2 Å². The zero-order valence-electron chi connectivity index (χ0n) is 15.6. The van der Waals surface area contributed by atoms with Crippen LogP contribution in [0.25, 0.3) is 0 Å². The van der Waals surface area contributed by atoms with Gasteiger partial charge < -0.3 is 4.74 Å². The molecule has 0 aliphatic rings. The molecule has 4 rings (SSSR count). The molecule has 6 nitrogen and oxygen atoms in total. The van der Waals surface area contributed by atoms with E-state index < -0.39 is 0 Å². The number of amides is 1. The second-order valence-corrected chi connectivity index (χ2v) is 7.76. The van der Waals surface area contributed by atoms with Crippen LogP contribution in [0.5, 0.6) is 5.75 Å². The smallest absolute Gasteiger partial charge is 0.268 e. The number of benzene rings is 2. The van der Waals surface area contributed by atoms with Crippen LogP contribution in [0.4, 0.5) is 10.3 Å². The van der Waals surface area contributed by atoms with Crippen molar-refractivity contribution in [1.82, 2.24) is 14.8 Å². The summed E-state index contributed by atoms with van der Waals surface area (Å²) < 4.78 is 20.5. The highest BCUT2D eigenvalue weighted by Crippen LogP contribution is 2.20. The van der Waals surface area contributed by atoms with Gasteiger partial charge in [0.15, 0.2) is 0 Å². The summed E-state index contributed by atoms with van der Waals surface area (Å²) in [6.07, 6.45) is 1.49. The summed E-state index contributed by atoms with van der Waals surface area (Å²) in [4.78, 5) is 17.1. The van der Waals surface area contributed by atoms with Crippen molar-refractivity contribution in [2.24, 2.45) is 0 Å². The summed E-state index contributed by atoms with van der Waals surface area (Å²) in [6.45, 7) is 0.692. The van der Waals surface area contributed by atoms with Gasteiger partial charge in [-0.15, -0.1) is 16.4 Å². The molecule has 0 spiro atoms. The van der Waals surface area contributed by atoms with Gasteiger partial charge in [0.05, 0.1) is 11.4 Å². The number of anilines is 1. The van der Waals surface area contributed by atoms with Crippen molar-refractivity contribution in [3.05, 3.63) is 93.1 Å². The van der Waals surface area contributed by atoms with Crippen LogP contribution in [-0.4, -0.2) is 20.7 Å². The van der Waals surface area contributed by atoms with Gasteiger partial charge >= 0.3 is 0 Å². The van der Waals surface area contributed by atoms with E-state index in [1.165, 1.54) is 34.5 Å². The molecule has 0 atom stereocenters. The predicted octanol–water partition coefficient (Wildman–Crippen LogP) is 5.01. The first-order valence-corrected chi connectivity index (χ1v) is 10.2. The molecule has 0 bridgehead atoms. The third-order valence-electron chi connectivity index (χ3n) is 4.09. The summed E-state index contributed by atoms with van der Waals surface area (Å²) in [7, 11) is 0. The number of hydrogen-bond acceptors (Lipinski definition) is 5. The van der Waals surface area contributed by atoms with E-state index in [0.29, 0.717) is 28.8 Å². The summed E-state index contributed by atoms with van der Waals surface area (Å²) in [5, 5.41) is 9.38. The lowest BCUT2D eigenvalue weighted by Gasteiger charge is -2.04. The van der Waals surface area contributed by atoms with Crippen LogP contribution in [0.2, 0.25) is 5.02 Å². The summed E-state index contributed by atoms with van der Waals surface area (Å²) >= 11 is 7.16. The summed E-state index contributed by atoms with van der Waals surface area (Å²) in [5.41, 5.74) is 1.63. The summed E-state index contributed by atoms with van der Waals surface area (Å²) in [5.74, 6) is 0.268. The van der Waals surface area contributed by atoms with Gasteiger partial charge in [0.1, 0.15) is 24.5 Å². The first-order chi connectivity index (χ1) is 14.5. The molecule has 9 heteroatoms. The second kappa shape index (κ2) is 9.06. The Kier molecular flexibility index (Phi) is 6.06. The third-order valence-corrected chi connectivity index (χ3v) is 5.32. The molecular formula is C21H16ClFN4O2S. The van der Waals surface area contributed by atoms with Gasteiger partial charge in [-0.3, -0.25) is 10.1 Å². The number of halogens is 2. The Hall–Kier alpha value is -3.23. The first-order valence-electron chi connectivity index (χ1n) is 8.96. The zero-order chi connectivity index (χ0) is 20.9. The van der Waals surface area contributed by atoms with Crippen LogP contribution in [0, 0.1) is 5.82 Å². The maximum Gasteiger partial charge on any atom is 0.268 e. The Morgan fingerprint density at radius 2 is 2.00 bits per heavy atom. The molecule has 0 saturated carbocycles. The minimum atomic E-state index is -0.310. The number of nitrogens with zero attached hydrogens (tertiary/aromatic N) is 3. The van der Waals surface area contributed by atoms with Crippen molar-refractivity contribution in [3.63, 3.8) is 0 Å². The molecule has 0 aliphatic heterocycles. The van der Waals surface area contributed by atoms with E-state index in [2.05, 4.69) is 15.4 Å². The lowest BCUT2D eigenvalue weighted by molar-refractivity contribution is 0.102. The van der Waals surface area contributed by atoms with Crippen LogP contribution in [0.1, 0.15) is 20.8 Å². The average Bonchev–Trinajstić information content (AvgIpc) is 3.37. The second-order valence-electron chi connectivity index (χ2n) is 6.41. The SMILES string of the molecule is O=C(Nc1ncn(Cc2cccc(F)c2)n1)c1cc(COc2ccc(Cl)cc2)cs1. The van der Waals surface area contributed by atoms with E-state index in [1.54, 1.807) is 42.5 Å². The van der Waals surface area contributed by atoms with Gasteiger partial charge in [0.25, 0.3) is 5.91 Å². The highest BCUT2D eigenvalue weighted by Gasteiger charge is 2.12. The number of carbonyl (C=O) groups excluding carboxylic acids is 1. The van der Waals surface area contributed by atoms with Crippen LogP contribution >= 0.6 is 22.9 Å². The molecule has 0 fully saturated rings. The van der Waals surface area contributed by atoms with Crippen molar-refractivity contribution in [2.45, 2.75) is 13.2 Å². The van der Waals surface area contributed by atoms with Gasteiger partial charge in [0.2, 0.25) is 5.95 Å². The Labute approximate surface area is 180 Å². The molecule has 1 amide bonds. The van der Waals surface area contributed by atoms with Crippen LogP contribution in [0.3, 0.4) is 0 Å². The highest BCUT2D eigenvalue weighted by molar-refractivity contribution is 7.12. The monoisotopic (exact) mass is 442 g/mol. The fraction of sp³-hybridized carbons (Fsp3) is 0.0952. The molecule has 2 heterocycles. The Bertz CT molecular complexity index is 1160. The largest absolute Gasteiger partial charge is 0.489 e.